The number of anilines is 1. The Bertz CT molecular complexity index is 280. The van der Waals surface area contributed by atoms with Gasteiger partial charge in [-0.2, -0.15) is 0 Å². The van der Waals surface area contributed by atoms with Crippen LogP contribution in [-0.4, -0.2) is 23.0 Å². The highest BCUT2D eigenvalue weighted by atomic mass is 15.1. The lowest BCUT2D eigenvalue weighted by Crippen LogP contribution is -2.25. The molecule has 0 radical (unpaired) electrons. The lowest BCUT2D eigenvalue weighted by atomic mass is 10.2. The van der Waals surface area contributed by atoms with Gasteiger partial charge in [-0.25, -0.2) is 0 Å². The highest BCUT2D eigenvalue weighted by Crippen LogP contribution is 2.07. The molecule has 0 unspecified atom stereocenters. The maximum atomic E-state index is 5.72. The van der Waals surface area contributed by atoms with Crippen LogP contribution in [0.4, 0.5) is 5.69 Å². The van der Waals surface area contributed by atoms with Gasteiger partial charge in [-0.05, 0) is 38.1 Å². The van der Waals surface area contributed by atoms with Crippen LogP contribution < -0.4 is 5.73 Å². The molecule has 1 heterocycles. The predicted octanol–water partition coefficient (Wildman–Crippen LogP) is 2.29. The topological polar surface area (TPSA) is 42.1 Å². The highest BCUT2D eigenvalue weighted by Gasteiger charge is 2.04. The van der Waals surface area contributed by atoms with Gasteiger partial charge in [-0.15, -0.1) is 0 Å². The van der Waals surface area contributed by atoms with E-state index in [0.717, 1.165) is 31.0 Å². The van der Waals surface area contributed by atoms with E-state index in [1.54, 1.807) is 6.20 Å². The van der Waals surface area contributed by atoms with Gasteiger partial charge >= 0.3 is 0 Å². The molecule has 3 nitrogen and oxygen atoms in total. The average molecular weight is 207 g/mol. The summed E-state index contributed by atoms with van der Waals surface area (Å²) in [7, 11) is 0. The molecule has 1 rings (SSSR count). The van der Waals surface area contributed by atoms with Gasteiger partial charge in [0, 0.05) is 18.4 Å². The maximum Gasteiger partial charge on any atom is 0.0564 e. The van der Waals surface area contributed by atoms with E-state index in [1.165, 1.54) is 12.8 Å². The van der Waals surface area contributed by atoms with E-state index < -0.39 is 0 Å². The molecule has 0 aliphatic heterocycles. The van der Waals surface area contributed by atoms with Crippen molar-refractivity contribution in [2.45, 2.75) is 33.2 Å². The summed E-state index contributed by atoms with van der Waals surface area (Å²) in [6.45, 7) is 7.58. The molecule has 2 N–H and O–H groups in total. The SMILES string of the molecule is CCCN(CCC)Cc1cc(N)ccn1. The van der Waals surface area contributed by atoms with Crippen LogP contribution in [0.15, 0.2) is 18.3 Å². The molecule has 0 amide bonds. The van der Waals surface area contributed by atoms with Crippen molar-refractivity contribution in [3.63, 3.8) is 0 Å². The summed E-state index contributed by atoms with van der Waals surface area (Å²) in [5.74, 6) is 0. The third-order valence-corrected chi connectivity index (χ3v) is 2.31. The standard InChI is InChI=1S/C12H21N3/c1-3-7-15(8-4-2)10-12-9-11(13)5-6-14-12/h5-6,9H,3-4,7-8,10H2,1-2H3,(H2,13,14). The summed E-state index contributed by atoms with van der Waals surface area (Å²) in [5, 5.41) is 0. The van der Waals surface area contributed by atoms with E-state index in [-0.39, 0.29) is 0 Å². The average Bonchev–Trinajstić information content (AvgIpc) is 2.18. The molecule has 0 saturated carbocycles. The fraction of sp³-hybridized carbons (Fsp3) is 0.583. The quantitative estimate of drug-likeness (QED) is 0.778. The third kappa shape index (κ3) is 4.30. The van der Waals surface area contributed by atoms with Gasteiger partial charge in [-0.3, -0.25) is 9.88 Å². The van der Waals surface area contributed by atoms with Crippen molar-refractivity contribution in [2.75, 3.05) is 18.8 Å². The van der Waals surface area contributed by atoms with Gasteiger partial charge in [0.05, 0.1) is 5.69 Å². The number of pyridine rings is 1. The van der Waals surface area contributed by atoms with Crippen molar-refractivity contribution in [2.24, 2.45) is 0 Å². The minimum atomic E-state index is 0.799. The largest absolute Gasteiger partial charge is 0.399 e. The molecule has 1 aromatic rings. The van der Waals surface area contributed by atoms with Crippen LogP contribution in [0.1, 0.15) is 32.4 Å². The minimum absolute atomic E-state index is 0.799. The Hall–Kier alpha value is -1.09. The summed E-state index contributed by atoms with van der Waals surface area (Å²) in [4.78, 5) is 6.74. The van der Waals surface area contributed by atoms with Gasteiger partial charge in [0.15, 0.2) is 0 Å². The molecular weight excluding hydrogens is 186 g/mol. The summed E-state index contributed by atoms with van der Waals surface area (Å²) >= 11 is 0. The molecular formula is C12H21N3. The molecule has 0 aliphatic rings. The molecule has 0 fully saturated rings. The zero-order valence-corrected chi connectivity index (χ0v) is 9.74. The van der Waals surface area contributed by atoms with Crippen LogP contribution in [0.25, 0.3) is 0 Å². The van der Waals surface area contributed by atoms with Crippen molar-refractivity contribution < 1.29 is 0 Å². The second-order valence-corrected chi connectivity index (χ2v) is 3.86. The summed E-state index contributed by atoms with van der Waals surface area (Å²) in [5.41, 5.74) is 7.59. The Labute approximate surface area is 92.3 Å². The van der Waals surface area contributed by atoms with Gasteiger partial charge < -0.3 is 5.73 Å². The molecule has 0 saturated heterocycles. The van der Waals surface area contributed by atoms with E-state index in [4.69, 9.17) is 5.73 Å². The fourth-order valence-electron chi connectivity index (χ4n) is 1.71. The Morgan fingerprint density at radius 3 is 2.47 bits per heavy atom. The number of aromatic nitrogens is 1. The molecule has 0 atom stereocenters. The second kappa shape index (κ2) is 6.40. The van der Waals surface area contributed by atoms with Crippen molar-refractivity contribution >= 4 is 5.69 Å². The number of rotatable bonds is 6. The maximum absolute atomic E-state index is 5.72. The van der Waals surface area contributed by atoms with E-state index >= 15 is 0 Å². The van der Waals surface area contributed by atoms with Crippen LogP contribution >= 0.6 is 0 Å². The highest BCUT2D eigenvalue weighted by molar-refractivity contribution is 5.37. The van der Waals surface area contributed by atoms with Crippen LogP contribution in [0.3, 0.4) is 0 Å². The first-order valence-electron chi connectivity index (χ1n) is 5.69. The lowest BCUT2D eigenvalue weighted by Gasteiger charge is -2.20. The van der Waals surface area contributed by atoms with Crippen LogP contribution in [0.5, 0.6) is 0 Å². The number of hydrogen-bond donors (Lipinski definition) is 1. The minimum Gasteiger partial charge on any atom is -0.399 e. The zero-order valence-electron chi connectivity index (χ0n) is 9.74. The van der Waals surface area contributed by atoms with Crippen molar-refractivity contribution in [3.8, 4) is 0 Å². The Kier molecular flexibility index (Phi) is 5.12. The van der Waals surface area contributed by atoms with E-state index in [0.29, 0.717) is 0 Å². The molecule has 84 valence electrons. The summed E-state index contributed by atoms with van der Waals surface area (Å²) < 4.78 is 0. The van der Waals surface area contributed by atoms with Gasteiger partial charge in [-0.1, -0.05) is 13.8 Å². The number of hydrogen-bond acceptors (Lipinski definition) is 3. The van der Waals surface area contributed by atoms with Crippen molar-refractivity contribution in [1.82, 2.24) is 9.88 Å². The first-order chi connectivity index (χ1) is 7.26. The molecule has 0 aliphatic carbocycles. The number of nitrogen functional groups attached to an aromatic ring is 1. The van der Waals surface area contributed by atoms with Crippen LogP contribution in [-0.2, 0) is 6.54 Å². The zero-order chi connectivity index (χ0) is 11.1. The fourth-order valence-corrected chi connectivity index (χ4v) is 1.71. The first-order valence-corrected chi connectivity index (χ1v) is 5.69. The monoisotopic (exact) mass is 207 g/mol. The number of nitrogens with zero attached hydrogens (tertiary/aromatic N) is 2. The Morgan fingerprint density at radius 2 is 1.93 bits per heavy atom. The normalized spacial score (nSPS) is 10.9. The Balaban J connectivity index is 2.56. The van der Waals surface area contributed by atoms with E-state index in [2.05, 4.69) is 23.7 Å². The summed E-state index contributed by atoms with van der Waals surface area (Å²) in [6.07, 6.45) is 4.14. The van der Waals surface area contributed by atoms with Gasteiger partial charge in [0.2, 0.25) is 0 Å². The molecule has 3 heteroatoms. The first kappa shape index (κ1) is 12.0. The van der Waals surface area contributed by atoms with Gasteiger partial charge in [0.1, 0.15) is 0 Å². The van der Waals surface area contributed by atoms with Crippen LogP contribution in [0, 0.1) is 0 Å². The van der Waals surface area contributed by atoms with E-state index in [9.17, 15) is 0 Å². The van der Waals surface area contributed by atoms with Gasteiger partial charge in [0.25, 0.3) is 0 Å². The smallest absolute Gasteiger partial charge is 0.0564 e. The lowest BCUT2D eigenvalue weighted by molar-refractivity contribution is 0.263. The number of nitrogens with two attached hydrogens (primary N) is 1. The van der Waals surface area contributed by atoms with Crippen LogP contribution in [0.2, 0.25) is 0 Å². The molecule has 0 spiro atoms. The van der Waals surface area contributed by atoms with Crippen molar-refractivity contribution in [1.29, 1.82) is 0 Å². The second-order valence-electron chi connectivity index (χ2n) is 3.86. The molecule has 0 bridgehead atoms. The Morgan fingerprint density at radius 1 is 1.27 bits per heavy atom. The van der Waals surface area contributed by atoms with Crippen molar-refractivity contribution in [3.05, 3.63) is 24.0 Å². The summed E-state index contributed by atoms with van der Waals surface area (Å²) in [6, 6.07) is 3.78. The molecule has 15 heavy (non-hydrogen) atoms. The third-order valence-electron chi connectivity index (χ3n) is 2.31. The predicted molar refractivity (Wildman–Crippen MR) is 64.5 cm³/mol. The molecule has 1 aromatic heterocycles. The molecule has 0 aromatic carbocycles. The van der Waals surface area contributed by atoms with E-state index in [1.807, 2.05) is 12.1 Å².